The summed E-state index contributed by atoms with van der Waals surface area (Å²) in [7, 11) is 1.89. The molecule has 1 saturated carbocycles. The molecule has 0 unspecified atom stereocenters. The zero-order valence-electron chi connectivity index (χ0n) is 16.5. The lowest BCUT2D eigenvalue weighted by Crippen LogP contribution is -2.40. The number of hydrogen-bond acceptors (Lipinski definition) is 2. The molecule has 5 heteroatoms. The third-order valence-corrected chi connectivity index (χ3v) is 6.70. The van der Waals surface area contributed by atoms with E-state index in [1.54, 1.807) is 0 Å². The van der Waals surface area contributed by atoms with Crippen molar-refractivity contribution < 1.29 is 4.79 Å². The number of guanidine groups is 1. The normalized spacial score (nSPS) is 22.3. The van der Waals surface area contributed by atoms with Crippen LogP contribution in [-0.4, -0.2) is 48.3 Å². The molecule has 146 valence electrons. The molecule has 3 aliphatic rings. The number of rotatable bonds is 4. The van der Waals surface area contributed by atoms with E-state index in [1.807, 2.05) is 11.9 Å². The van der Waals surface area contributed by atoms with Gasteiger partial charge in [-0.05, 0) is 42.2 Å². The van der Waals surface area contributed by atoms with Crippen LogP contribution in [0.15, 0.2) is 29.3 Å². The Morgan fingerprint density at radius 3 is 2.59 bits per heavy atom. The van der Waals surface area contributed by atoms with Crippen LogP contribution in [0, 0.1) is 5.41 Å². The fourth-order valence-corrected chi connectivity index (χ4v) is 5.12. The fraction of sp³-hybridized carbons (Fsp3) is 0.636. The van der Waals surface area contributed by atoms with Crippen LogP contribution in [0.5, 0.6) is 0 Å². The van der Waals surface area contributed by atoms with Gasteiger partial charge in [-0.25, -0.2) is 0 Å². The highest BCUT2D eigenvalue weighted by Crippen LogP contribution is 2.45. The fourth-order valence-electron chi connectivity index (χ4n) is 5.12. The van der Waals surface area contributed by atoms with Crippen LogP contribution >= 0.6 is 0 Å². The molecule has 1 N–H and O–H groups in total. The lowest BCUT2D eigenvalue weighted by Gasteiger charge is -2.26. The van der Waals surface area contributed by atoms with E-state index in [2.05, 4.69) is 39.5 Å². The van der Waals surface area contributed by atoms with Crippen LogP contribution in [0.4, 0.5) is 0 Å². The highest BCUT2D eigenvalue weighted by molar-refractivity contribution is 5.80. The van der Waals surface area contributed by atoms with Gasteiger partial charge in [-0.3, -0.25) is 9.79 Å². The molecule has 3 fully saturated rings. The summed E-state index contributed by atoms with van der Waals surface area (Å²) in [4.78, 5) is 21.0. The number of hydrogen-bond donors (Lipinski definition) is 1. The second-order valence-corrected chi connectivity index (χ2v) is 8.47. The maximum atomic E-state index is 12.0. The molecule has 2 heterocycles. The number of carbonyl (C=O) groups is 1. The van der Waals surface area contributed by atoms with E-state index >= 15 is 0 Å². The van der Waals surface area contributed by atoms with E-state index in [-0.39, 0.29) is 5.91 Å². The van der Waals surface area contributed by atoms with Gasteiger partial charge in [-0.15, -0.1) is 0 Å². The minimum absolute atomic E-state index is 0.285. The number of aliphatic imine (C=N–C) groups is 1. The predicted octanol–water partition coefficient (Wildman–Crippen LogP) is 3.15. The van der Waals surface area contributed by atoms with Gasteiger partial charge in [-0.2, -0.15) is 0 Å². The third kappa shape index (κ3) is 3.97. The smallest absolute Gasteiger partial charge is 0.222 e. The maximum Gasteiger partial charge on any atom is 0.222 e. The van der Waals surface area contributed by atoms with E-state index in [4.69, 9.17) is 0 Å². The van der Waals surface area contributed by atoms with Crippen LogP contribution in [-0.2, 0) is 17.9 Å². The van der Waals surface area contributed by atoms with Crippen molar-refractivity contribution in [1.82, 2.24) is 15.1 Å². The van der Waals surface area contributed by atoms with E-state index in [1.165, 1.54) is 43.2 Å². The summed E-state index contributed by atoms with van der Waals surface area (Å²) in [6.07, 6.45) is 8.54. The molecule has 1 aliphatic carbocycles. The van der Waals surface area contributed by atoms with Crippen LogP contribution in [0.3, 0.4) is 0 Å². The average Bonchev–Trinajstić information content (AvgIpc) is 3.41. The number of carbonyl (C=O) groups excluding carboxylic acids is 1. The molecule has 2 aliphatic heterocycles. The van der Waals surface area contributed by atoms with Crippen molar-refractivity contribution in [2.75, 3.05) is 26.7 Å². The summed E-state index contributed by atoms with van der Waals surface area (Å²) in [5.41, 5.74) is 3.04. The topological polar surface area (TPSA) is 47.9 Å². The molecule has 0 aromatic heterocycles. The van der Waals surface area contributed by atoms with Crippen LogP contribution in [0.2, 0.25) is 0 Å². The van der Waals surface area contributed by atoms with Gasteiger partial charge in [-0.1, -0.05) is 37.1 Å². The van der Waals surface area contributed by atoms with Crippen molar-refractivity contribution in [3.05, 3.63) is 35.4 Å². The molecule has 5 nitrogen and oxygen atoms in total. The highest BCUT2D eigenvalue weighted by Gasteiger charge is 2.41. The summed E-state index contributed by atoms with van der Waals surface area (Å²) in [6.45, 7) is 4.63. The first-order valence-corrected chi connectivity index (χ1v) is 10.5. The summed E-state index contributed by atoms with van der Waals surface area (Å²) in [5.74, 6) is 1.30. The molecule has 0 radical (unpaired) electrons. The van der Waals surface area contributed by atoms with Crippen molar-refractivity contribution in [1.29, 1.82) is 0 Å². The lowest BCUT2D eigenvalue weighted by atomic mass is 9.86. The van der Waals surface area contributed by atoms with E-state index < -0.39 is 0 Å². The molecular formula is C22H32N4O. The second-order valence-electron chi connectivity index (χ2n) is 8.47. The van der Waals surface area contributed by atoms with Gasteiger partial charge in [0, 0.05) is 46.2 Å². The van der Waals surface area contributed by atoms with E-state index in [0.29, 0.717) is 11.8 Å². The van der Waals surface area contributed by atoms with Crippen LogP contribution in [0.1, 0.15) is 56.1 Å². The Balaban J connectivity index is 1.38. The molecule has 1 aromatic carbocycles. The number of benzene rings is 1. The van der Waals surface area contributed by atoms with Gasteiger partial charge in [0.05, 0.1) is 0 Å². The summed E-state index contributed by atoms with van der Waals surface area (Å²) < 4.78 is 0. The first-order chi connectivity index (χ1) is 13.2. The lowest BCUT2D eigenvalue weighted by molar-refractivity contribution is -0.128. The van der Waals surface area contributed by atoms with Gasteiger partial charge in [0.1, 0.15) is 0 Å². The molecule has 0 atom stereocenters. The standard InChI is InChI=1S/C22H32N4O/c1-23-21(26-14-12-22(17-26)10-4-5-11-22)24-15-18-7-2-3-8-19(18)16-25-13-6-9-20(25)27/h2-3,7-8H,4-6,9-17H2,1H3,(H,23,24). The monoisotopic (exact) mass is 368 g/mol. The Bertz CT molecular complexity index is 708. The van der Waals surface area contributed by atoms with Gasteiger partial charge in [0.15, 0.2) is 5.96 Å². The number of nitrogens with zero attached hydrogens (tertiary/aromatic N) is 3. The van der Waals surface area contributed by atoms with E-state index in [9.17, 15) is 4.79 Å². The highest BCUT2D eigenvalue weighted by atomic mass is 16.2. The van der Waals surface area contributed by atoms with Gasteiger partial charge >= 0.3 is 0 Å². The zero-order chi connectivity index (χ0) is 18.7. The third-order valence-electron chi connectivity index (χ3n) is 6.70. The van der Waals surface area contributed by atoms with Crippen molar-refractivity contribution in [2.45, 2.75) is 58.0 Å². The van der Waals surface area contributed by atoms with Crippen LogP contribution in [0.25, 0.3) is 0 Å². The van der Waals surface area contributed by atoms with Crippen LogP contribution < -0.4 is 5.32 Å². The zero-order valence-corrected chi connectivity index (χ0v) is 16.5. The minimum Gasteiger partial charge on any atom is -0.352 e. The Kier molecular flexibility index (Phi) is 5.37. The molecule has 1 amide bonds. The number of nitrogens with one attached hydrogen (secondary N) is 1. The summed E-state index contributed by atoms with van der Waals surface area (Å²) in [6, 6.07) is 8.46. The summed E-state index contributed by atoms with van der Waals surface area (Å²) in [5, 5.41) is 3.58. The first kappa shape index (κ1) is 18.3. The quantitative estimate of drug-likeness (QED) is 0.656. The summed E-state index contributed by atoms with van der Waals surface area (Å²) >= 11 is 0. The van der Waals surface area contributed by atoms with Gasteiger partial charge in [0.2, 0.25) is 5.91 Å². The van der Waals surface area contributed by atoms with Crippen molar-refractivity contribution in [3.63, 3.8) is 0 Å². The maximum absolute atomic E-state index is 12.0. The molecule has 4 rings (SSSR count). The van der Waals surface area contributed by atoms with Crippen molar-refractivity contribution >= 4 is 11.9 Å². The van der Waals surface area contributed by atoms with Gasteiger partial charge in [0.25, 0.3) is 0 Å². The Morgan fingerprint density at radius 1 is 1.11 bits per heavy atom. The number of amides is 1. The largest absolute Gasteiger partial charge is 0.352 e. The number of likely N-dealkylation sites (tertiary alicyclic amines) is 2. The van der Waals surface area contributed by atoms with E-state index in [0.717, 1.165) is 45.1 Å². The SMILES string of the molecule is CN=C(NCc1ccccc1CN1CCCC1=O)N1CCC2(CCCC2)C1. The minimum atomic E-state index is 0.285. The Hall–Kier alpha value is -2.04. The van der Waals surface area contributed by atoms with Gasteiger partial charge < -0.3 is 15.1 Å². The Labute approximate surface area is 162 Å². The van der Waals surface area contributed by atoms with Crippen molar-refractivity contribution in [2.24, 2.45) is 10.4 Å². The predicted molar refractivity (Wildman–Crippen MR) is 108 cm³/mol. The molecule has 0 bridgehead atoms. The molecule has 1 spiro atoms. The molecule has 1 aromatic rings. The Morgan fingerprint density at radius 2 is 1.89 bits per heavy atom. The average molecular weight is 369 g/mol. The van der Waals surface area contributed by atoms with Crippen molar-refractivity contribution in [3.8, 4) is 0 Å². The second kappa shape index (κ2) is 7.91. The molecular weight excluding hydrogens is 336 g/mol. The first-order valence-electron chi connectivity index (χ1n) is 10.5. The molecule has 2 saturated heterocycles. The molecule has 27 heavy (non-hydrogen) atoms.